The maximum Gasteiger partial charge on any atom is 0.255 e. The monoisotopic (exact) mass is 501 g/mol. The van der Waals surface area contributed by atoms with Crippen LogP contribution in [0.5, 0.6) is 0 Å². The summed E-state index contributed by atoms with van der Waals surface area (Å²) >= 11 is 0. The Kier molecular flexibility index (Phi) is 10.5. The summed E-state index contributed by atoms with van der Waals surface area (Å²) in [5.74, 6) is -0.0666. The number of carbonyl (C=O) groups is 2. The Morgan fingerprint density at radius 1 is 0.829 bits per heavy atom. The third-order valence-electron chi connectivity index (χ3n) is 5.64. The SMILES string of the molecule is CCC(CC)C(=O)Nc1cccc(C(=O)Nc2ccc(S(=O)(=O)N(CC(C)C)CC(C)C)cc2)c1. The largest absolute Gasteiger partial charge is 0.326 e. The molecule has 2 N–H and O–H groups in total. The molecule has 2 rings (SSSR count). The first-order valence-electron chi connectivity index (χ1n) is 12.3. The second-order valence-electron chi connectivity index (χ2n) is 9.67. The van der Waals surface area contributed by atoms with Crippen molar-refractivity contribution in [1.82, 2.24) is 4.31 Å². The number of hydrogen-bond donors (Lipinski definition) is 2. The number of rotatable bonds is 12. The molecule has 0 fully saturated rings. The summed E-state index contributed by atoms with van der Waals surface area (Å²) in [5.41, 5.74) is 1.44. The maximum atomic E-state index is 13.2. The summed E-state index contributed by atoms with van der Waals surface area (Å²) in [5, 5.41) is 5.67. The first kappa shape index (κ1) is 28.5. The highest BCUT2D eigenvalue weighted by Gasteiger charge is 2.26. The van der Waals surface area contributed by atoms with E-state index in [1.807, 2.05) is 41.5 Å². The molecule has 0 aliphatic rings. The number of nitrogens with zero attached hydrogens (tertiary/aromatic N) is 1. The molecule has 2 aromatic carbocycles. The quantitative estimate of drug-likeness (QED) is 0.395. The molecule has 0 saturated heterocycles. The Hall–Kier alpha value is -2.71. The van der Waals surface area contributed by atoms with Crippen molar-refractivity contribution in [2.75, 3.05) is 23.7 Å². The summed E-state index contributed by atoms with van der Waals surface area (Å²) in [6.45, 7) is 12.8. The highest BCUT2D eigenvalue weighted by Crippen LogP contribution is 2.22. The number of carbonyl (C=O) groups excluding carboxylic acids is 2. The van der Waals surface area contributed by atoms with Gasteiger partial charge < -0.3 is 10.6 Å². The first-order valence-corrected chi connectivity index (χ1v) is 13.7. The fourth-order valence-corrected chi connectivity index (χ4v) is 5.56. The molecule has 7 nitrogen and oxygen atoms in total. The van der Waals surface area contributed by atoms with E-state index >= 15 is 0 Å². The molecule has 2 amide bonds. The molecule has 0 aliphatic carbocycles. The molecule has 0 saturated carbocycles. The Balaban J connectivity index is 2.14. The van der Waals surface area contributed by atoms with Crippen molar-refractivity contribution in [3.05, 3.63) is 54.1 Å². The molecule has 2 aromatic rings. The standard InChI is InChI=1S/C27H39N3O4S/c1-7-21(8-2)26(31)29-24-11-9-10-22(16-24)27(32)28-23-12-14-25(15-13-23)35(33,34)30(17-19(3)4)18-20(5)6/h9-16,19-21H,7-8,17-18H2,1-6H3,(H,28,32)(H,29,31). The minimum Gasteiger partial charge on any atom is -0.326 e. The molecule has 0 heterocycles. The molecule has 0 radical (unpaired) electrons. The van der Waals surface area contributed by atoms with Gasteiger partial charge in [-0.1, -0.05) is 47.6 Å². The minimum atomic E-state index is -3.64. The maximum absolute atomic E-state index is 13.2. The average molecular weight is 502 g/mol. The van der Waals surface area contributed by atoms with Crippen molar-refractivity contribution in [2.24, 2.45) is 17.8 Å². The van der Waals surface area contributed by atoms with Crippen LogP contribution in [0.4, 0.5) is 11.4 Å². The highest BCUT2D eigenvalue weighted by atomic mass is 32.2. The second kappa shape index (κ2) is 12.8. The molecule has 8 heteroatoms. The van der Waals surface area contributed by atoms with Gasteiger partial charge in [-0.05, 0) is 67.1 Å². The highest BCUT2D eigenvalue weighted by molar-refractivity contribution is 7.89. The number of anilines is 2. The smallest absolute Gasteiger partial charge is 0.255 e. The van der Waals surface area contributed by atoms with E-state index in [1.165, 1.54) is 16.4 Å². The second-order valence-corrected chi connectivity index (χ2v) is 11.6. The van der Waals surface area contributed by atoms with Gasteiger partial charge in [0.05, 0.1) is 4.90 Å². The zero-order valence-corrected chi connectivity index (χ0v) is 22.5. The van der Waals surface area contributed by atoms with Gasteiger partial charge in [0.2, 0.25) is 15.9 Å². The lowest BCUT2D eigenvalue weighted by molar-refractivity contribution is -0.120. The van der Waals surface area contributed by atoms with Gasteiger partial charge in [0, 0.05) is 35.9 Å². The van der Waals surface area contributed by atoms with Crippen LogP contribution in [0.3, 0.4) is 0 Å². The number of benzene rings is 2. The summed E-state index contributed by atoms with van der Waals surface area (Å²) < 4.78 is 27.9. The van der Waals surface area contributed by atoms with Crippen molar-refractivity contribution in [1.29, 1.82) is 0 Å². The fraction of sp³-hybridized carbons (Fsp3) is 0.481. The van der Waals surface area contributed by atoms with E-state index in [2.05, 4.69) is 10.6 Å². The third kappa shape index (κ3) is 8.18. The van der Waals surface area contributed by atoms with E-state index in [9.17, 15) is 18.0 Å². The summed E-state index contributed by atoms with van der Waals surface area (Å²) in [6, 6.07) is 13.0. The van der Waals surface area contributed by atoms with Crippen molar-refractivity contribution in [3.8, 4) is 0 Å². The zero-order chi connectivity index (χ0) is 26.2. The minimum absolute atomic E-state index is 0.0617. The lowest BCUT2D eigenvalue weighted by Gasteiger charge is -2.25. The third-order valence-corrected chi connectivity index (χ3v) is 7.48. The summed E-state index contributed by atoms with van der Waals surface area (Å²) in [4.78, 5) is 25.3. The van der Waals surface area contributed by atoms with Gasteiger partial charge in [0.15, 0.2) is 0 Å². The van der Waals surface area contributed by atoms with Crippen molar-refractivity contribution in [2.45, 2.75) is 59.3 Å². The van der Waals surface area contributed by atoms with Gasteiger partial charge in [-0.3, -0.25) is 9.59 Å². The number of sulfonamides is 1. The van der Waals surface area contributed by atoms with Gasteiger partial charge in [0.25, 0.3) is 5.91 Å². The van der Waals surface area contributed by atoms with E-state index in [4.69, 9.17) is 0 Å². The van der Waals surface area contributed by atoms with Gasteiger partial charge in [0.1, 0.15) is 0 Å². The van der Waals surface area contributed by atoms with Crippen LogP contribution in [0, 0.1) is 17.8 Å². The van der Waals surface area contributed by atoms with Gasteiger partial charge >= 0.3 is 0 Å². The van der Waals surface area contributed by atoms with Gasteiger partial charge in [-0.15, -0.1) is 0 Å². The molecular formula is C27H39N3O4S. The Labute approximate surface area is 210 Å². The topological polar surface area (TPSA) is 95.6 Å². The molecule has 192 valence electrons. The van der Waals surface area contributed by atoms with E-state index in [0.717, 1.165) is 12.8 Å². The normalized spacial score (nSPS) is 11.9. The molecular weight excluding hydrogens is 462 g/mol. The van der Waals surface area contributed by atoms with Crippen molar-refractivity contribution in [3.63, 3.8) is 0 Å². The molecule has 0 aromatic heterocycles. The Morgan fingerprint density at radius 3 is 1.91 bits per heavy atom. The first-order chi connectivity index (χ1) is 16.5. The van der Waals surface area contributed by atoms with Crippen LogP contribution in [0.15, 0.2) is 53.4 Å². The van der Waals surface area contributed by atoms with Crippen LogP contribution >= 0.6 is 0 Å². The van der Waals surface area contributed by atoms with E-state index in [0.29, 0.717) is 30.0 Å². The summed E-state index contributed by atoms with van der Waals surface area (Å²) in [6.07, 6.45) is 1.50. The van der Waals surface area contributed by atoms with Crippen LogP contribution in [-0.2, 0) is 14.8 Å². The number of hydrogen-bond acceptors (Lipinski definition) is 4. The number of nitrogens with one attached hydrogen (secondary N) is 2. The van der Waals surface area contributed by atoms with Crippen LogP contribution < -0.4 is 10.6 Å². The molecule has 0 bridgehead atoms. The van der Waals surface area contributed by atoms with E-state index < -0.39 is 10.0 Å². The van der Waals surface area contributed by atoms with E-state index in [1.54, 1.807) is 36.4 Å². The molecule has 0 atom stereocenters. The zero-order valence-electron chi connectivity index (χ0n) is 21.7. The van der Waals surface area contributed by atoms with Crippen molar-refractivity contribution < 1.29 is 18.0 Å². The Morgan fingerprint density at radius 2 is 1.40 bits per heavy atom. The van der Waals surface area contributed by atoms with Crippen LogP contribution in [0.1, 0.15) is 64.7 Å². The van der Waals surface area contributed by atoms with Crippen LogP contribution in [0.25, 0.3) is 0 Å². The van der Waals surface area contributed by atoms with Crippen LogP contribution in [-0.4, -0.2) is 37.6 Å². The van der Waals surface area contributed by atoms with Crippen molar-refractivity contribution >= 4 is 33.2 Å². The molecule has 0 spiro atoms. The fourth-order valence-electron chi connectivity index (χ4n) is 3.79. The average Bonchev–Trinajstić information content (AvgIpc) is 2.79. The lowest BCUT2D eigenvalue weighted by Crippen LogP contribution is -2.37. The molecule has 0 unspecified atom stereocenters. The lowest BCUT2D eigenvalue weighted by atomic mass is 10.0. The van der Waals surface area contributed by atoms with Gasteiger partial charge in [-0.2, -0.15) is 4.31 Å². The van der Waals surface area contributed by atoms with E-state index in [-0.39, 0.29) is 34.5 Å². The Bertz CT molecular complexity index is 1080. The molecule has 35 heavy (non-hydrogen) atoms. The predicted molar refractivity (Wildman–Crippen MR) is 142 cm³/mol. The molecule has 0 aliphatic heterocycles. The van der Waals surface area contributed by atoms with Crippen LogP contribution in [0.2, 0.25) is 0 Å². The number of amides is 2. The van der Waals surface area contributed by atoms with Gasteiger partial charge in [-0.25, -0.2) is 8.42 Å². The summed E-state index contributed by atoms with van der Waals surface area (Å²) in [7, 11) is -3.64. The predicted octanol–water partition coefficient (Wildman–Crippen LogP) is 5.62.